The number of aliphatic hydroxyl groups is 1. The van der Waals surface area contributed by atoms with Gasteiger partial charge in [-0.05, 0) is 88.4 Å². The number of ether oxygens (including phenoxy) is 2. The molecule has 0 aromatic rings. The van der Waals surface area contributed by atoms with Crippen molar-refractivity contribution >= 4 is 29.4 Å². The van der Waals surface area contributed by atoms with Crippen molar-refractivity contribution in [1.82, 2.24) is 10.2 Å². The molecule has 0 aromatic carbocycles. The summed E-state index contributed by atoms with van der Waals surface area (Å²) in [6.45, 7) is 9.18. The number of aliphatic hydroxyl groups excluding tert-OH is 1. The first-order valence-electron chi connectivity index (χ1n) is 16.4. The molecule has 2 saturated heterocycles. The average molecular weight is 623 g/mol. The summed E-state index contributed by atoms with van der Waals surface area (Å²) in [4.78, 5) is 66.7. The predicted octanol–water partition coefficient (Wildman–Crippen LogP) is 3.14. The molecule has 0 unspecified atom stereocenters. The molecule has 44 heavy (non-hydrogen) atoms. The number of piperidine rings is 1. The summed E-state index contributed by atoms with van der Waals surface area (Å²) < 4.78 is 11.5. The maximum absolute atomic E-state index is 13.8. The Bertz CT molecular complexity index is 1050. The van der Waals surface area contributed by atoms with Crippen molar-refractivity contribution < 1.29 is 43.7 Å². The number of rotatable bonds is 13. The molecule has 0 aromatic heterocycles. The number of aliphatic carboxylic acids is 1. The van der Waals surface area contributed by atoms with Gasteiger partial charge in [-0.2, -0.15) is 0 Å². The summed E-state index contributed by atoms with van der Waals surface area (Å²) in [5.41, 5.74) is -1.43. The maximum Gasteiger partial charge on any atom is 0.326 e. The molecule has 3 aliphatic rings. The van der Waals surface area contributed by atoms with Crippen LogP contribution in [0.4, 0.5) is 0 Å². The summed E-state index contributed by atoms with van der Waals surface area (Å²) in [7, 11) is 1.45. The van der Waals surface area contributed by atoms with Crippen LogP contribution in [0.3, 0.4) is 0 Å². The fourth-order valence-electron chi connectivity index (χ4n) is 7.47. The van der Waals surface area contributed by atoms with E-state index in [9.17, 15) is 34.2 Å². The number of hydrogen-bond acceptors (Lipinski definition) is 8. The van der Waals surface area contributed by atoms with E-state index in [2.05, 4.69) is 12.2 Å². The highest BCUT2D eigenvalue weighted by atomic mass is 16.5. The number of Topliss-reactive ketones (excluding diaryl/α,β-unsaturated/α-hetero) is 2. The minimum absolute atomic E-state index is 0.116. The highest BCUT2D eigenvalue weighted by molar-refractivity contribution is 6.39. The highest BCUT2D eigenvalue weighted by Crippen LogP contribution is 2.38. The van der Waals surface area contributed by atoms with Crippen LogP contribution in [0, 0.1) is 29.6 Å². The van der Waals surface area contributed by atoms with E-state index in [1.165, 1.54) is 18.9 Å². The second kappa shape index (κ2) is 15.8. The van der Waals surface area contributed by atoms with E-state index >= 15 is 0 Å². The predicted molar refractivity (Wildman–Crippen MR) is 163 cm³/mol. The molecular weight excluding hydrogens is 568 g/mol. The number of carboxylic acids is 1. The normalized spacial score (nSPS) is 33.1. The Morgan fingerprint density at radius 1 is 1.05 bits per heavy atom. The van der Waals surface area contributed by atoms with Crippen LogP contribution in [0.2, 0.25) is 0 Å². The lowest BCUT2D eigenvalue weighted by Gasteiger charge is -2.44. The number of amides is 2. The molecule has 10 atom stereocenters. The van der Waals surface area contributed by atoms with Crippen molar-refractivity contribution in [2.75, 3.05) is 20.3 Å². The Labute approximate surface area is 261 Å². The van der Waals surface area contributed by atoms with E-state index in [0.717, 1.165) is 19.3 Å². The molecule has 0 radical (unpaired) electrons. The third-order valence-corrected chi connectivity index (χ3v) is 10.7. The zero-order valence-corrected chi connectivity index (χ0v) is 27.4. The SMILES string of the molecule is CO[C@@H](C[C@@H]1CC[C@@H](C)[C@](C)(C(=O)C(=O)N2CCCC[C@H]2C(=O)N[C@@H](C(=O)O)[C@H](C)C[C@@H]2CC[C@@H](C)[C@H](CO)C2)O1)C(C)=O. The van der Waals surface area contributed by atoms with Crippen LogP contribution in [0.1, 0.15) is 98.8 Å². The number of carboxylic acid groups (broad SMARTS) is 1. The zero-order valence-electron chi connectivity index (χ0n) is 27.4. The number of carbonyl (C=O) groups excluding carboxylic acids is 4. The Kier molecular flexibility index (Phi) is 12.9. The van der Waals surface area contributed by atoms with Gasteiger partial charge in [-0.3, -0.25) is 19.2 Å². The number of nitrogens with one attached hydrogen (secondary N) is 1. The Balaban J connectivity index is 1.70. The van der Waals surface area contributed by atoms with Crippen LogP contribution < -0.4 is 5.32 Å². The number of methoxy groups -OCH3 is 1. The maximum atomic E-state index is 13.8. The molecule has 0 bridgehead atoms. The van der Waals surface area contributed by atoms with Gasteiger partial charge >= 0.3 is 5.97 Å². The van der Waals surface area contributed by atoms with Crippen molar-refractivity contribution in [3.63, 3.8) is 0 Å². The molecule has 2 heterocycles. The van der Waals surface area contributed by atoms with E-state index in [-0.39, 0.29) is 49.0 Å². The molecule has 1 aliphatic carbocycles. The fraction of sp³-hybridized carbons (Fsp3) is 0.848. The molecule has 3 rings (SSSR count). The van der Waals surface area contributed by atoms with E-state index in [1.54, 1.807) is 6.92 Å². The van der Waals surface area contributed by atoms with Gasteiger partial charge in [-0.25, -0.2) is 4.79 Å². The lowest BCUT2D eigenvalue weighted by Crippen LogP contribution is -2.61. The van der Waals surface area contributed by atoms with Gasteiger partial charge in [0.2, 0.25) is 5.91 Å². The third kappa shape index (κ3) is 8.46. The first-order valence-corrected chi connectivity index (χ1v) is 16.4. The van der Waals surface area contributed by atoms with Crippen molar-refractivity contribution in [3.8, 4) is 0 Å². The standard InChI is InChI=1S/C33H54N2O9/c1-19-10-12-23(16-24(19)18-36)15-20(2)28(32(41)42)34-30(39)26-9-7-8-14-35(26)31(40)29(38)33(5)21(3)11-13-25(44-33)17-27(43-6)22(4)37/h19-21,23-28,36H,7-18H2,1-6H3,(H,34,39)(H,41,42)/t19-,20-,21-,23+,24+,25+,26+,27+,28-,33-/m1/s1. The minimum atomic E-state index is -1.43. The lowest BCUT2D eigenvalue weighted by molar-refractivity contribution is -0.184. The third-order valence-electron chi connectivity index (χ3n) is 10.7. The Hall–Kier alpha value is -2.37. The number of hydrogen-bond donors (Lipinski definition) is 3. The Morgan fingerprint density at radius 2 is 1.75 bits per heavy atom. The summed E-state index contributed by atoms with van der Waals surface area (Å²) in [6, 6.07) is -2.10. The topological polar surface area (TPSA) is 160 Å². The van der Waals surface area contributed by atoms with E-state index in [0.29, 0.717) is 44.4 Å². The van der Waals surface area contributed by atoms with Crippen molar-refractivity contribution in [3.05, 3.63) is 0 Å². The molecule has 1 saturated carbocycles. The van der Waals surface area contributed by atoms with Gasteiger partial charge in [0.15, 0.2) is 5.78 Å². The smallest absolute Gasteiger partial charge is 0.326 e. The molecule has 250 valence electrons. The summed E-state index contributed by atoms with van der Waals surface area (Å²) >= 11 is 0. The van der Waals surface area contributed by atoms with Crippen molar-refractivity contribution in [2.45, 2.75) is 129 Å². The van der Waals surface area contributed by atoms with Gasteiger partial charge in [-0.15, -0.1) is 0 Å². The summed E-state index contributed by atoms with van der Waals surface area (Å²) in [6.07, 6.45) is 5.39. The second-order valence-corrected chi connectivity index (χ2v) is 13.9. The van der Waals surface area contributed by atoms with Gasteiger partial charge in [0.25, 0.3) is 11.7 Å². The molecule has 11 heteroatoms. The highest BCUT2D eigenvalue weighted by Gasteiger charge is 2.50. The zero-order chi connectivity index (χ0) is 32.8. The molecule has 3 N–H and O–H groups in total. The van der Waals surface area contributed by atoms with Gasteiger partial charge in [0.05, 0.1) is 6.10 Å². The van der Waals surface area contributed by atoms with Crippen LogP contribution in [-0.2, 0) is 33.4 Å². The first-order chi connectivity index (χ1) is 20.7. The number of likely N-dealkylation sites (tertiary alicyclic amines) is 1. The fourth-order valence-corrected chi connectivity index (χ4v) is 7.47. The number of ketones is 2. The number of carbonyl (C=O) groups is 5. The van der Waals surface area contributed by atoms with Crippen LogP contribution in [-0.4, -0.2) is 94.6 Å². The monoisotopic (exact) mass is 622 g/mol. The van der Waals surface area contributed by atoms with E-state index in [4.69, 9.17) is 9.47 Å². The Morgan fingerprint density at radius 3 is 2.36 bits per heavy atom. The van der Waals surface area contributed by atoms with Crippen LogP contribution in [0.25, 0.3) is 0 Å². The largest absolute Gasteiger partial charge is 0.480 e. The van der Waals surface area contributed by atoms with Crippen LogP contribution in [0.15, 0.2) is 0 Å². The van der Waals surface area contributed by atoms with Crippen molar-refractivity contribution in [1.29, 1.82) is 0 Å². The van der Waals surface area contributed by atoms with Gasteiger partial charge in [0.1, 0.15) is 23.8 Å². The van der Waals surface area contributed by atoms with Crippen LogP contribution in [0.5, 0.6) is 0 Å². The second-order valence-electron chi connectivity index (χ2n) is 13.9. The average Bonchev–Trinajstić information content (AvgIpc) is 2.99. The summed E-state index contributed by atoms with van der Waals surface area (Å²) in [5.74, 6) is -3.13. The lowest BCUT2D eigenvalue weighted by atomic mass is 9.72. The molecule has 2 aliphatic heterocycles. The quantitative estimate of drug-likeness (QED) is 0.262. The molecule has 3 fully saturated rings. The van der Waals surface area contributed by atoms with Crippen LogP contribution >= 0.6 is 0 Å². The van der Waals surface area contributed by atoms with Gasteiger partial charge in [-0.1, -0.05) is 33.6 Å². The molecule has 0 spiro atoms. The van der Waals surface area contributed by atoms with Gasteiger partial charge < -0.3 is 29.9 Å². The number of nitrogens with zero attached hydrogens (tertiary/aromatic N) is 1. The minimum Gasteiger partial charge on any atom is -0.480 e. The molecule has 11 nitrogen and oxygen atoms in total. The molecule has 2 amide bonds. The summed E-state index contributed by atoms with van der Waals surface area (Å²) in [5, 5.41) is 22.5. The van der Waals surface area contributed by atoms with Gasteiger partial charge in [0, 0.05) is 26.7 Å². The van der Waals surface area contributed by atoms with E-state index in [1.807, 2.05) is 13.8 Å². The van der Waals surface area contributed by atoms with Crippen molar-refractivity contribution in [2.24, 2.45) is 29.6 Å². The van der Waals surface area contributed by atoms with E-state index < -0.39 is 53.5 Å². The first kappa shape index (κ1) is 36.1. The molecular formula is C33H54N2O9.